The van der Waals surface area contributed by atoms with E-state index in [4.69, 9.17) is 4.74 Å². The largest absolute Gasteiger partial charge is 0.383 e. The molecule has 0 unspecified atom stereocenters. The van der Waals surface area contributed by atoms with E-state index in [1.165, 1.54) is 0 Å². The van der Waals surface area contributed by atoms with Crippen LogP contribution in [0.25, 0.3) is 5.65 Å². The highest BCUT2D eigenvalue weighted by atomic mass is 16.5. The van der Waals surface area contributed by atoms with Gasteiger partial charge in [0.1, 0.15) is 5.65 Å². The number of aromatic nitrogens is 2. The van der Waals surface area contributed by atoms with Crippen LogP contribution in [0.1, 0.15) is 19.5 Å². The third-order valence-corrected chi connectivity index (χ3v) is 3.03. The average molecular weight is 261 g/mol. The molecule has 0 fully saturated rings. The third-order valence-electron chi connectivity index (χ3n) is 3.03. The monoisotopic (exact) mass is 261 g/mol. The Hall–Kier alpha value is -1.39. The predicted molar refractivity (Wildman–Crippen MR) is 77.2 cm³/mol. The molecule has 0 aliphatic heterocycles. The Labute approximate surface area is 115 Å². The first-order chi connectivity index (χ1) is 9.19. The van der Waals surface area contributed by atoms with Gasteiger partial charge in [0.05, 0.1) is 12.3 Å². The van der Waals surface area contributed by atoms with Crippen molar-refractivity contribution in [1.82, 2.24) is 14.3 Å². The molecule has 0 N–H and O–H groups in total. The summed E-state index contributed by atoms with van der Waals surface area (Å²) in [6, 6.07) is 6.07. The second-order valence-electron chi connectivity index (χ2n) is 5.32. The lowest BCUT2D eigenvalue weighted by Crippen LogP contribution is -2.30. The van der Waals surface area contributed by atoms with Crippen LogP contribution in [0.15, 0.2) is 30.6 Å². The highest BCUT2D eigenvalue weighted by molar-refractivity contribution is 5.39. The van der Waals surface area contributed by atoms with E-state index < -0.39 is 0 Å². The molecule has 104 valence electrons. The van der Waals surface area contributed by atoms with Crippen molar-refractivity contribution in [3.05, 3.63) is 36.3 Å². The highest BCUT2D eigenvalue weighted by Gasteiger charge is 2.10. The van der Waals surface area contributed by atoms with Crippen LogP contribution >= 0.6 is 0 Å². The number of rotatable bonds is 7. The number of fused-ring (bicyclic) bond motifs is 1. The van der Waals surface area contributed by atoms with Gasteiger partial charge in [0.2, 0.25) is 0 Å². The fourth-order valence-electron chi connectivity index (χ4n) is 2.26. The number of hydrogen-bond donors (Lipinski definition) is 0. The molecule has 0 aromatic carbocycles. The van der Waals surface area contributed by atoms with Gasteiger partial charge < -0.3 is 9.14 Å². The highest BCUT2D eigenvalue weighted by Crippen LogP contribution is 2.09. The van der Waals surface area contributed by atoms with Crippen LogP contribution in [0.4, 0.5) is 0 Å². The fourth-order valence-corrected chi connectivity index (χ4v) is 2.26. The summed E-state index contributed by atoms with van der Waals surface area (Å²) in [5.74, 6) is 0.647. The SMILES string of the molecule is COCCN(Cc1cn2ccccc2n1)CC(C)C. The summed E-state index contributed by atoms with van der Waals surface area (Å²) >= 11 is 0. The summed E-state index contributed by atoms with van der Waals surface area (Å²) in [6.45, 7) is 8.13. The van der Waals surface area contributed by atoms with Crippen LogP contribution < -0.4 is 0 Å². The van der Waals surface area contributed by atoms with Gasteiger partial charge in [0.15, 0.2) is 0 Å². The van der Waals surface area contributed by atoms with E-state index >= 15 is 0 Å². The maximum absolute atomic E-state index is 5.18. The van der Waals surface area contributed by atoms with E-state index in [-0.39, 0.29) is 0 Å². The molecule has 0 atom stereocenters. The van der Waals surface area contributed by atoms with E-state index in [0.717, 1.165) is 37.6 Å². The van der Waals surface area contributed by atoms with Crippen molar-refractivity contribution in [2.75, 3.05) is 26.8 Å². The number of imidazole rings is 1. The summed E-state index contributed by atoms with van der Waals surface area (Å²) in [5, 5.41) is 0. The van der Waals surface area contributed by atoms with Crippen molar-refractivity contribution in [2.45, 2.75) is 20.4 Å². The van der Waals surface area contributed by atoms with E-state index in [0.29, 0.717) is 5.92 Å². The molecule has 0 saturated carbocycles. The standard InChI is InChI=1S/C15H23N3O/c1-13(2)10-17(8-9-19-3)11-14-12-18-7-5-4-6-15(18)16-14/h4-7,12-13H,8-11H2,1-3H3. The lowest BCUT2D eigenvalue weighted by Gasteiger charge is -2.22. The Morgan fingerprint density at radius 2 is 2.21 bits per heavy atom. The molecular formula is C15H23N3O. The molecule has 2 aromatic rings. The maximum atomic E-state index is 5.18. The summed E-state index contributed by atoms with van der Waals surface area (Å²) in [5.41, 5.74) is 2.12. The molecule has 19 heavy (non-hydrogen) atoms. The van der Waals surface area contributed by atoms with Gasteiger partial charge in [-0.1, -0.05) is 19.9 Å². The van der Waals surface area contributed by atoms with Gasteiger partial charge in [0, 0.05) is 39.1 Å². The van der Waals surface area contributed by atoms with Gasteiger partial charge in [-0.3, -0.25) is 4.90 Å². The van der Waals surface area contributed by atoms with Gasteiger partial charge in [-0.15, -0.1) is 0 Å². The van der Waals surface area contributed by atoms with Gasteiger partial charge in [-0.05, 0) is 18.1 Å². The summed E-state index contributed by atoms with van der Waals surface area (Å²) in [4.78, 5) is 7.05. The van der Waals surface area contributed by atoms with E-state index in [9.17, 15) is 0 Å². The summed E-state index contributed by atoms with van der Waals surface area (Å²) in [7, 11) is 1.75. The molecule has 0 amide bonds. The van der Waals surface area contributed by atoms with Crippen LogP contribution in [0.3, 0.4) is 0 Å². The van der Waals surface area contributed by atoms with Crippen molar-refractivity contribution in [1.29, 1.82) is 0 Å². The topological polar surface area (TPSA) is 29.8 Å². The maximum Gasteiger partial charge on any atom is 0.137 e. The lowest BCUT2D eigenvalue weighted by atomic mass is 10.2. The van der Waals surface area contributed by atoms with E-state index in [1.807, 2.05) is 24.4 Å². The summed E-state index contributed by atoms with van der Waals surface area (Å²) in [6.07, 6.45) is 4.14. The van der Waals surface area contributed by atoms with Crippen LogP contribution in [0.2, 0.25) is 0 Å². The Balaban J connectivity index is 2.06. The Bertz CT molecular complexity index is 474. The van der Waals surface area contributed by atoms with Crippen molar-refractivity contribution >= 4 is 5.65 Å². The number of methoxy groups -OCH3 is 1. The molecule has 2 heterocycles. The smallest absolute Gasteiger partial charge is 0.137 e. The first-order valence-corrected chi connectivity index (χ1v) is 6.83. The normalized spacial score (nSPS) is 11.8. The number of pyridine rings is 1. The molecule has 4 nitrogen and oxygen atoms in total. The Kier molecular flexibility index (Phi) is 4.93. The van der Waals surface area contributed by atoms with Crippen molar-refractivity contribution in [3.8, 4) is 0 Å². The Morgan fingerprint density at radius 3 is 2.89 bits per heavy atom. The van der Waals surface area contributed by atoms with Crippen molar-refractivity contribution in [3.63, 3.8) is 0 Å². The zero-order valence-electron chi connectivity index (χ0n) is 12.0. The molecule has 4 heteroatoms. The first kappa shape index (κ1) is 14.0. The minimum atomic E-state index is 0.647. The fraction of sp³-hybridized carbons (Fsp3) is 0.533. The lowest BCUT2D eigenvalue weighted by molar-refractivity contribution is 0.135. The molecule has 0 saturated heterocycles. The Morgan fingerprint density at radius 1 is 1.37 bits per heavy atom. The van der Waals surface area contributed by atoms with Crippen molar-refractivity contribution in [2.24, 2.45) is 5.92 Å². The predicted octanol–water partition coefficient (Wildman–Crippen LogP) is 2.44. The molecule has 0 aliphatic rings. The molecule has 0 aliphatic carbocycles. The van der Waals surface area contributed by atoms with Crippen LogP contribution in [0, 0.1) is 5.92 Å². The molecule has 0 radical (unpaired) electrons. The van der Waals surface area contributed by atoms with Crippen LogP contribution in [-0.4, -0.2) is 41.1 Å². The number of hydrogen-bond acceptors (Lipinski definition) is 3. The molecular weight excluding hydrogens is 238 g/mol. The van der Waals surface area contributed by atoms with Gasteiger partial charge >= 0.3 is 0 Å². The molecule has 0 spiro atoms. The van der Waals surface area contributed by atoms with Crippen LogP contribution in [0.5, 0.6) is 0 Å². The zero-order chi connectivity index (χ0) is 13.7. The zero-order valence-corrected chi connectivity index (χ0v) is 12.0. The van der Waals surface area contributed by atoms with Gasteiger partial charge in [-0.25, -0.2) is 4.98 Å². The van der Waals surface area contributed by atoms with E-state index in [1.54, 1.807) is 7.11 Å². The van der Waals surface area contributed by atoms with Crippen LogP contribution in [-0.2, 0) is 11.3 Å². The summed E-state index contributed by atoms with van der Waals surface area (Å²) < 4.78 is 7.25. The van der Waals surface area contributed by atoms with Gasteiger partial charge in [-0.2, -0.15) is 0 Å². The second kappa shape index (κ2) is 6.68. The quantitative estimate of drug-likeness (QED) is 0.767. The molecule has 2 rings (SSSR count). The van der Waals surface area contributed by atoms with Crippen molar-refractivity contribution < 1.29 is 4.74 Å². The average Bonchev–Trinajstić information content (AvgIpc) is 2.77. The number of ether oxygens (including phenoxy) is 1. The third kappa shape index (κ3) is 4.04. The number of nitrogens with zero attached hydrogens (tertiary/aromatic N) is 3. The van der Waals surface area contributed by atoms with Gasteiger partial charge in [0.25, 0.3) is 0 Å². The minimum Gasteiger partial charge on any atom is -0.383 e. The molecule has 0 bridgehead atoms. The molecule has 2 aromatic heterocycles. The minimum absolute atomic E-state index is 0.647. The first-order valence-electron chi connectivity index (χ1n) is 6.83. The van der Waals surface area contributed by atoms with E-state index in [2.05, 4.69) is 34.3 Å². The second-order valence-corrected chi connectivity index (χ2v) is 5.32.